The second-order valence-corrected chi connectivity index (χ2v) is 7.39. The summed E-state index contributed by atoms with van der Waals surface area (Å²) in [6.45, 7) is 6.84. The van der Waals surface area contributed by atoms with Crippen LogP contribution in [0.3, 0.4) is 0 Å². The summed E-state index contributed by atoms with van der Waals surface area (Å²) in [7, 11) is 2.01. The zero-order chi connectivity index (χ0) is 17.6. The van der Waals surface area contributed by atoms with Crippen molar-refractivity contribution >= 4 is 11.7 Å². The lowest BCUT2D eigenvalue weighted by Crippen LogP contribution is -2.40. The molecule has 1 aromatic heterocycles. The number of hydrogen-bond acceptors (Lipinski definition) is 4. The third-order valence-electron chi connectivity index (χ3n) is 5.77. The van der Waals surface area contributed by atoms with Gasteiger partial charge in [0, 0.05) is 52.0 Å². The van der Waals surface area contributed by atoms with Crippen LogP contribution < -0.4 is 4.90 Å². The number of rotatable bonds is 4. The fraction of sp³-hybridized carbons (Fsp3) is 0.700. The third-order valence-corrected chi connectivity index (χ3v) is 5.77. The van der Waals surface area contributed by atoms with Gasteiger partial charge in [0.25, 0.3) is 5.91 Å². The highest BCUT2D eigenvalue weighted by Gasteiger charge is 2.25. The maximum atomic E-state index is 12.8. The van der Waals surface area contributed by atoms with Gasteiger partial charge in [-0.3, -0.25) is 9.69 Å². The van der Waals surface area contributed by atoms with Gasteiger partial charge in [-0.1, -0.05) is 19.3 Å². The smallest absolute Gasteiger partial charge is 0.255 e. The van der Waals surface area contributed by atoms with Crippen LogP contribution in [0, 0.1) is 0 Å². The highest BCUT2D eigenvalue weighted by molar-refractivity contribution is 5.94. The van der Waals surface area contributed by atoms with E-state index in [2.05, 4.69) is 21.7 Å². The Hall–Kier alpha value is -1.62. The number of anilines is 1. The third kappa shape index (κ3) is 4.51. The number of hydrogen-bond donors (Lipinski definition) is 0. The lowest BCUT2D eigenvalue weighted by Gasteiger charge is -2.33. The van der Waals surface area contributed by atoms with Gasteiger partial charge < -0.3 is 9.80 Å². The molecule has 0 radical (unpaired) electrons. The molecule has 1 amide bonds. The van der Waals surface area contributed by atoms with Gasteiger partial charge in [-0.15, -0.1) is 0 Å². The van der Waals surface area contributed by atoms with Gasteiger partial charge in [0.15, 0.2) is 0 Å². The monoisotopic (exact) mass is 344 g/mol. The molecule has 25 heavy (non-hydrogen) atoms. The van der Waals surface area contributed by atoms with Gasteiger partial charge >= 0.3 is 0 Å². The minimum atomic E-state index is 0.128. The van der Waals surface area contributed by atoms with Crippen molar-refractivity contribution in [2.45, 2.75) is 51.5 Å². The summed E-state index contributed by atoms with van der Waals surface area (Å²) < 4.78 is 0. The zero-order valence-electron chi connectivity index (χ0n) is 15.8. The van der Waals surface area contributed by atoms with E-state index in [1.54, 1.807) is 6.20 Å². The summed E-state index contributed by atoms with van der Waals surface area (Å²) in [5.41, 5.74) is 0.708. The molecular formula is C20H32N4O. The van der Waals surface area contributed by atoms with Gasteiger partial charge in [-0.05, 0) is 38.3 Å². The van der Waals surface area contributed by atoms with Crippen LogP contribution >= 0.6 is 0 Å². The maximum Gasteiger partial charge on any atom is 0.255 e. The van der Waals surface area contributed by atoms with Crippen LogP contribution in [-0.2, 0) is 0 Å². The van der Waals surface area contributed by atoms with E-state index in [0.29, 0.717) is 5.56 Å². The van der Waals surface area contributed by atoms with E-state index in [1.165, 1.54) is 32.1 Å². The van der Waals surface area contributed by atoms with Crippen LogP contribution in [0.25, 0.3) is 0 Å². The number of nitrogens with zero attached hydrogens (tertiary/aromatic N) is 4. The second kappa shape index (κ2) is 8.65. The van der Waals surface area contributed by atoms with Crippen molar-refractivity contribution < 1.29 is 4.79 Å². The normalized spacial score (nSPS) is 20.3. The SMILES string of the molecule is CCN(C)c1ccc(C(=O)N2CCCN(C3CCCCC3)CC2)cn1. The van der Waals surface area contributed by atoms with Crippen molar-refractivity contribution in [3.05, 3.63) is 23.9 Å². The summed E-state index contributed by atoms with van der Waals surface area (Å²) >= 11 is 0. The topological polar surface area (TPSA) is 39.7 Å². The highest BCUT2D eigenvalue weighted by Crippen LogP contribution is 2.23. The minimum absolute atomic E-state index is 0.128. The molecule has 1 aromatic rings. The van der Waals surface area contributed by atoms with Crippen molar-refractivity contribution in [2.75, 3.05) is 44.7 Å². The van der Waals surface area contributed by atoms with E-state index < -0.39 is 0 Å². The maximum absolute atomic E-state index is 12.8. The van der Waals surface area contributed by atoms with Gasteiger partial charge in [0.05, 0.1) is 5.56 Å². The molecule has 1 saturated carbocycles. The van der Waals surface area contributed by atoms with E-state index >= 15 is 0 Å². The molecule has 2 fully saturated rings. The molecule has 2 heterocycles. The average Bonchev–Trinajstić information content (AvgIpc) is 2.94. The molecule has 2 aliphatic rings. The molecular weight excluding hydrogens is 312 g/mol. The summed E-state index contributed by atoms with van der Waals surface area (Å²) in [4.78, 5) is 24.0. The number of aromatic nitrogens is 1. The molecule has 0 spiro atoms. The van der Waals surface area contributed by atoms with Crippen molar-refractivity contribution in [1.29, 1.82) is 0 Å². The van der Waals surface area contributed by atoms with Crippen LogP contribution in [0.2, 0.25) is 0 Å². The standard InChI is InChI=1S/C20H32N4O/c1-3-22(2)19-11-10-17(16-21-19)20(25)24-13-7-12-23(14-15-24)18-8-5-4-6-9-18/h10-11,16,18H,3-9,12-15H2,1-2H3. The van der Waals surface area contributed by atoms with E-state index in [-0.39, 0.29) is 5.91 Å². The molecule has 0 bridgehead atoms. The average molecular weight is 345 g/mol. The molecule has 1 aliphatic carbocycles. The predicted octanol–water partition coefficient (Wildman–Crippen LogP) is 3.02. The quantitative estimate of drug-likeness (QED) is 0.842. The number of pyridine rings is 1. The summed E-state index contributed by atoms with van der Waals surface area (Å²) in [5.74, 6) is 1.04. The summed E-state index contributed by atoms with van der Waals surface area (Å²) in [6, 6.07) is 4.61. The Bertz CT molecular complexity index is 553. The summed E-state index contributed by atoms with van der Waals surface area (Å²) in [5, 5.41) is 0. The van der Waals surface area contributed by atoms with Gasteiger partial charge in [0.1, 0.15) is 5.82 Å². The van der Waals surface area contributed by atoms with Crippen molar-refractivity contribution in [2.24, 2.45) is 0 Å². The van der Waals surface area contributed by atoms with E-state index in [0.717, 1.165) is 51.0 Å². The molecule has 1 aliphatic heterocycles. The highest BCUT2D eigenvalue weighted by atomic mass is 16.2. The Balaban J connectivity index is 1.59. The van der Waals surface area contributed by atoms with Crippen LogP contribution in [-0.4, -0.2) is 66.5 Å². The minimum Gasteiger partial charge on any atom is -0.360 e. The van der Waals surface area contributed by atoms with Gasteiger partial charge in [-0.25, -0.2) is 4.98 Å². The molecule has 0 N–H and O–H groups in total. The van der Waals surface area contributed by atoms with Crippen molar-refractivity contribution in [1.82, 2.24) is 14.8 Å². The number of amides is 1. The molecule has 0 aromatic carbocycles. The van der Waals surface area contributed by atoms with E-state index in [1.807, 2.05) is 24.1 Å². The first-order chi connectivity index (χ1) is 12.2. The Morgan fingerprint density at radius 2 is 1.92 bits per heavy atom. The van der Waals surface area contributed by atoms with Crippen LogP contribution in [0.1, 0.15) is 55.8 Å². The van der Waals surface area contributed by atoms with Gasteiger partial charge in [-0.2, -0.15) is 0 Å². The fourth-order valence-electron chi connectivity index (χ4n) is 4.03. The number of carbonyl (C=O) groups excluding carboxylic acids is 1. The molecule has 138 valence electrons. The molecule has 5 heteroatoms. The second-order valence-electron chi connectivity index (χ2n) is 7.39. The Labute approximate surface area is 152 Å². The lowest BCUT2D eigenvalue weighted by atomic mass is 9.94. The Morgan fingerprint density at radius 3 is 2.60 bits per heavy atom. The molecule has 0 unspecified atom stereocenters. The predicted molar refractivity (Wildman–Crippen MR) is 102 cm³/mol. The van der Waals surface area contributed by atoms with Crippen molar-refractivity contribution in [3.63, 3.8) is 0 Å². The first-order valence-corrected chi connectivity index (χ1v) is 9.89. The Kier molecular flexibility index (Phi) is 6.29. The van der Waals surface area contributed by atoms with E-state index in [4.69, 9.17) is 0 Å². The first-order valence-electron chi connectivity index (χ1n) is 9.89. The first kappa shape index (κ1) is 18.2. The molecule has 3 rings (SSSR count). The van der Waals surface area contributed by atoms with Crippen molar-refractivity contribution in [3.8, 4) is 0 Å². The fourth-order valence-corrected chi connectivity index (χ4v) is 4.03. The van der Waals surface area contributed by atoms with Crippen LogP contribution in [0.15, 0.2) is 18.3 Å². The van der Waals surface area contributed by atoms with Crippen LogP contribution in [0.5, 0.6) is 0 Å². The van der Waals surface area contributed by atoms with E-state index in [9.17, 15) is 4.79 Å². The molecule has 5 nitrogen and oxygen atoms in total. The van der Waals surface area contributed by atoms with Crippen LogP contribution in [0.4, 0.5) is 5.82 Å². The Morgan fingerprint density at radius 1 is 1.12 bits per heavy atom. The molecule has 0 atom stereocenters. The summed E-state index contributed by atoms with van der Waals surface area (Å²) in [6.07, 6.45) is 9.61. The largest absolute Gasteiger partial charge is 0.360 e. The number of carbonyl (C=O) groups is 1. The lowest BCUT2D eigenvalue weighted by molar-refractivity contribution is 0.0754. The van der Waals surface area contributed by atoms with Gasteiger partial charge in [0.2, 0.25) is 0 Å². The molecule has 1 saturated heterocycles. The zero-order valence-corrected chi connectivity index (χ0v) is 15.8.